The average Bonchev–Trinajstić information content (AvgIpc) is 1.67. The molecule has 11 aromatic rings. The Kier molecular flexibility index (Phi) is 40.4. The number of aryl methyl sites for hydroxylation is 16. The Labute approximate surface area is 648 Å². The van der Waals surface area contributed by atoms with Crippen molar-refractivity contribution in [2.75, 3.05) is 0 Å². The molecule has 2 aliphatic carbocycles. The van der Waals surface area contributed by atoms with Crippen LogP contribution in [0.5, 0.6) is 0 Å². The number of alkyl halides is 4. The van der Waals surface area contributed by atoms with Crippen LogP contribution in [0.15, 0.2) is 231 Å². The molecule has 0 amide bonds. The van der Waals surface area contributed by atoms with Gasteiger partial charge in [0, 0.05) is 19.4 Å². The predicted octanol–water partition coefficient (Wildman–Crippen LogP) is 30.9. The lowest BCUT2D eigenvalue weighted by Gasteiger charge is -2.26. The minimum atomic E-state index is -3.10. The maximum absolute atomic E-state index is 13.2. The molecule has 0 spiro atoms. The first-order valence-corrected chi connectivity index (χ1v) is 37.5. The second-order valence-corrected chi connectivity index (χ2v) is 29.8. The molecule has 0 aliphatic heterocycles. The Bertz CT molecular complexity index is 4250. The second kappa shape index (κ2) is 46.9. The fourth-order valence-electron chi connectivity index (χ4n) is 11.1. The third-order valence-electron chi connectivity index (χ3n) is 17.6. The lowest BCUT2D eigenvalue weighted by molar-refractivity contribution is 0.0135. The average molecular weight is 1500 g/mol. The van der Waals surface area contributed by atoms with E-state index in [4.69, 9.17) is 0 Å². The van der Waals surface area contributed by atoms with Gasteiger partial charge >= 0.3 is 0 Å². The molecule has 584 valence electrons. The van der Waals surface area contributed by atoms with Gasteiger partial charge in [-0.2, -0.15) is 0 Å². The van der Waals surface area contributed by atoms with E-state index in [1.54, 1.807) is 70.2 Å². The van der Waals surface area contributed by atoms with Crippen molar-refractivity contribution in [1.29, 1.82) is 0 Å². The van der Waals surface area contributed by atoms with Crippen molar-refractivity contribution in [2.45, 2.75) is 220 Å². The van der Waals surface area contributed by atoms with E-state index in [0.717, 1.165) is 74.7 Å². The Morgan fingerprint density at radius 1 is 0.266 bits per heavy atom. The summed E-state index contributed by atoms with van der Waals surface area (Å²) in [5, 5.41) is 0. The van der Waals surface area contributed by atoms with E-state index in [1.807, 2.05) is 90.9 Å². The van der Waals surface area contributed by atoms with Gasteiger partial charge in [0.25, 0.3) is 11.8 Å². The minimum absolute atomic E-state index is 0.0229. The highest BCUT2D eigenvalue weighted by molar-refractivity contribution is 5.33. The smallest absolute Gasteiger partial charge is 0.207 e. The first-order chi connectivity index (χ1) is 51.0. The van der Waals surface area contributed by atoms with Gasteiger partial charge in [0.05, 0.1) is 5.56 Å². The summed E-state index contributed by atoms with van der Waals surface area (Å²) in [6.07, 6.45) is 5.93. The van der Waals surface area contributed by atoms with Crippen LogP contribution in [0.2, 0.25) is 0 Å². The van der Waals surface area contributed by atoms with Crippen molar-refractivity contribution in [1.82, 2.24) is 0 Å². The predicted molar refractivity (Wildman–Crippen MR) is 442 cm³/mol. The molecule has 0 radical (unpaired) electrons. The molecule has 109 heavy (non-hydrogen) atoms. The number of benzene rings is 11. The fourth-order valence-corrected chi connectivity index (χ4v) is 11.1. The van der Waals surface area contributed by atoms with Gasteiger partial charge in [-0.25, -0.2) is 43.9 Å². The van der Waals surface area contributed by atoms with Crippen LogP contribution in [0.25, 0.3) is 0 Å². The van der Waals surface area contributed by atoms with Crippen LogP contribution >= 0.6 is 0 Å². The molecule has 0 saturated heterocycles. The maximum Gasteiger partial charge on any atom is 0.273 e. The molecule has 0 bridgehead atoms. The quantitative estimate of drug-likeness (QED) is 0.146. The highest BCUT2D eigenvalue weighted by Gasteiger charge is 2.29. The van der Waals surface area contributed by atoms with Crippen molar-refractivity contribution in [3.63, 3.8) is 0 Å². The Balaban J connectivity index is 0.000000312. The van der Waals surface area contributed by atoms with Crippen LogP contribution in [0, 0.1) is 146 Å². The van der Waals surface area contributed by atoms with Gasteiger partial charge < -0.3 is 0 Å². The SMILES string of the molecule is Cc1ccc(F)c(C(C)(F)F)c1.Cc1ccc(F)c(C(C)C)c1.Cc1ccc(F)c(C)c1.Cc1ccc(F)c(C)c1.Cc1ccc(F)c(C2CC2)c1.Cc1ccc(F)c(C2CCC2)c1.Cc1cccc(C(C)(F)F)c1.Cc1cccc(C(C)C)c1.Cc1cccc(C)c1.Cc1cccc(C)c1.Cc1cccc(C)c1. The van der Waals surface area contributed by atoms with Gasteiger partial charge in [0.2, 0.25) is 0 Å². The normalized spacial score (nSPS) is 11.8. The number of hydrogen-bond donors (Lipinski definition) is 0. The second-order valence-electron chi connectivity index (χ2n) is 29.8. The standard InChI is InChI=1S/C11H13F.C10H11F.C10H13F.C10H14.C9H9F3.C9H10F2.2C8H9F.3C8H10/c1-8-5-6-11(12)10(7-8)9-3-2-4-9;1-7-2-5-10(11)9(6-7)8-3-4-8;1-7(2)9-6-8(3)4-5-10(9)11;1-8(2)10-6-4-5-9(3)7-10;1-6-3-4-8(10)7(5-6)9(2,11)12;1-7-4-3-5-8(6-7)9(2,10)11;2*1-6-3-4-8(9)7(2)5-6;3*1-7-4-3-5-8(2)6-7/h5-7,9H,2-4H2,1H3;2,5-6,8H,3-4H2,1H3;4-7H,1-3H3;4-8H,1-3H3;3-5H,1-2H3;3-6H,1-2H3;2*3-5H,1-2H3;3*3-6H,1-2H3. The van der Waals surface area contributed by atoms with Crippen LogP contribution in [0.1, 0.15) is 220 Å². The zero-order valence-electron chi connectivity index (χ0n) is 68.6. The molecule has 10 heteroatoms. The van der Waals surface area contributed by atoms with Crippen LogP contribution in [-0.4, -0.2) is 0 Å². The Morgan fingerprint density at radius 3 is 0.807 bits per heavy atom. The van der Waals surface area contributed by atoms with Gasteiger partial charge in [-0.3, -0.25) is 0 Å². The monoisotopic (exact) mass is 1500 g/mol. The van der Waals surface area contributed by atoms with E-state index < -0.39 is 23.2 Å². The van der Waals surface area contributed by atoms with E-state index >= 15 is 0 Å². The number of hydrogen-bond acceptors (Lipinski definition) is 0. The molecular weight excluding hydrogens is 1380 g/mol. The molecule has 0 unspecified atom stereocenters. The zero-order chi connectivity index (χ0) is 81.9. The summed E-state index contributed by atoms with van der Waals surface area (Å²) in [6.45, 7) is 41.7. The molecule has 11 aromatic carbocycles. The lowest BCUT2D eigenvalue weighted by atomic mass is 9.79. The van der Waals surface area contributed by atoms with E-state index in [1.165, 1.54) is 119 Å². The van der Waals surface area contributed by atoms with Crippen LogP contribution in [-0.2, 0) is 11.8 Å². The van der Waals surface area contributed by atoms with Crippen molar-refractivity contribution >= 4 is 0 Å². The summed E-state index contributed by atoms with van der Waals surface area (Å²) in [7, 11) is 0. The van der Waals surface area contributed by atoms with Gasteiger partial charge in [0.1, 0.15) is 34.9 Å². The van der Waals surface area contributed by atoms with Crippen molar-refractivity contribution in [3.05, 3.63) is 388 Å². The topological polar surface area (TPSA) is 0 Å². The van der Waals surface area contributed by atoms with E-state index in [-0.39, 0.29) is 40.6 Å². The Hall–Kier alpha value is -9.28. The molecule has 2 saturated carbocycles. The first kappa shape index (κ1) is 93.9. The van der Waals surface area contributed by atoms with Crippen molar-refractivity contribution in [3.8, 4) is 0 Å². The van der Waals surface area contributed by atoms with Crippen LogP contribution in [0.4, 0.5) is 43.9 Å². The highest BCUT2D eigenvalue weighted by atomic mass is 19.3. The van der Waals surface area contributed by atoms with E-state index in [0.29, 0.717) is 30.2 Å². The summed E-state index contributed by atoms with van der Waals surface area (Å²) in [5.74, 6) is -5.11. The molecule has 2 fully saturated rings. The van der Waals surface area contributed by atoms with Crippen LogP contribution < -0.4 is 0 Å². The molecule has 0 N–H and O–H groups in total. The number of rotatable bonds is 6. The summed E-state index contributed by atoms with van der Waals surface area (Å²) in [4.78, 5) is 0. The highest BCUT2D eigenvalue weighted by Crippen LogP contribution is 2.42. The lowest BCUT2D eigenvalue weighted by Crippen LogP contribution is -2.10. The van der Waals surface area contributed by atoms with Gasteiger partial charge in [-0.1, -0.05) is 300 Å². The minimum Gasteiger partial charge on any atom is -0.207 e. The zero-order valence-corrected chi connectivity index (χ0v) is 68.6. The third-order valence-corrected chi connectivity index (χ3v) is 17.6. The molecule has 0 heterocycles. The molecule has 0 nitrogen and oxygen atoms in total. The first-order valence-electron chi connectivity index (χ1n) is 37.5. The summed E-state index contributed by atoms with van der Waals surface area (Å²) in [6, 6.07) is 70.2. The fraction of sp³-hybridized carbons (Fsp3) is 0.333. The van der Waals surface area contributed by atoms with Gasteiger partial charge in [0.15, 0.2) is 0 Å². The largest absolute Gasteiger partial charge is 0.273 e. The summed E-state index contributed by atoms with van der Waals surface area (Å²) >= 11 is 0. The van der Waals surface area contributed by atoms with Crippen LogP contribution in [0.3, 0.4) is 0 Å². The van der Waals surface area contributed by atoms with E-state index in [2.05, 4.69) is 159 Å². The van der Waals surface area contributed by atoms with E-state index in [9.17, 15) is 43.9 Å². The summed E-state index contributed by atoms with van der Waals surface area (Å²) < 4.78 is 128. The van der Waals surface area contributed by atoms with Gasteiger partial charge in [-0.05, 0) is 236 Å². The van der Waals surface area contributed by atoms with Gasteiger partial charge in [-0.15, -0.1) is 0 Å². The number of halogens is 10. The summed E-state index contributed by atoms with van der Waals surface area (Å²) in [5.41, 5.74) is 21.6. The van der Waals surface area contributed by atoms with Crippen molar-refractivity contribution in [2.24, 2.45) is 0 Å². The molecule has 0 aromatic heterocycles. The molecule has 0 atom stereocenters. The molecular formula is C99H118F10. The third kappa shape index (κ3) is 38.1. The molecule has 13 rings (SSSR count). The van der Waals surface area contributed by atoms with Crippen molar-refractivity contribution < 1.29 is 43.9 Å². The Morgan fingerprint density at radius 2 is 0.560 bits per heavy atom. The molecule has 2 aliphatic rings. The maximum atomic E-state index is 13.2.